The molecule has 1 aromatic rings. The standard InChI is InChI=1S/C12H20N4O2/c1-9-6-7-10(16(17)18)11(14-9)13-8-12(2,3)15(4)5/h6-7H,8H2,1-5H3,(H,13,14). The summed E-state index contributed by atoms with van der Waals surface area (Å²) in [6.45, 7) is 6.51. The summed E-state index contributed by atoms with van der Waals surface area (Å²) in [6.07, 6.45) is 0. The lowest BCUT2D eigenvalue weighted by Crippen LogP contribution is -2.44. The third-order valence-electron chi connectivity index (χ3n) is 3.11. The highest BCUT2D eigenvalue weighted by atomic mass is 16.6. The van der Waals surface area contributed by atoms with E-state index >= 15 is 0 Å². The van der Waals surface area contributed by atoms with E-state index in [1.165, 1.54) is 6.07 Å². The predicted molar refractivity (Wildman–Crippen MR) is 71.9 cm³/mol. The smallest absolute Gasteiger partial charge is 0.311 e. The molecule has 0 fully saturated rings. The Morgan fingerprint density at radius 2 is 2.06 bits per heavy atom. The molecule has 0 aromatic carbocycles. The maximum absolute atomic E-state index is 10.9. The molecule has 0 spiro atoms. The van der Waals surface area contributed by atoms with Crippen LogP contribution in [0.25, 0.3) is 0 Å². The molecule has 0 bridgehead atoms. The van der Waals surface area contributed by atoms with E-state index in [2.05, 4.69) is 29.0 Å². The van der Waals surface area contributed by atoms with E-state index in [4.69, 9.17) is 0 Å². The van der Waals surface area contributed by atoms with Gasteiger partial charge < -0.3 is 10.2 Å². The quantitative estimate of drug-likeness (QED) is 0.641. The van der Waals surface area contributed by atoms with Crippen LogP contribution in [0.1, 0.15) is 19.5 Å². The van der Waals surface area contributed by atoms with Gasteiger partial charge in [0, 0.05) is 23.8 Å². The minimum atomic E-state index is -0.419. The van der Waals surface area contributed by atoms with E-state index in [1.54, 1.807) is 6.07 Å². The minimum absolute atomic E-state index is 0.00940. The zero-order valence-electron chi connectivity index (χ0n) is 11.5. The maximum Gasteiger partial charge on any atom is 0.311 e. The third kappa shape index (κ3) is 3.40. The first-order chi connectivity index (χ1) is 8.24. The number of nitrogens with one attached hydrogen (secondary N) is 1. The molecule has 1 heterocycles. The molecule has 0 aliphatic rings. The maximum atomic E-state index is 10.9. The van der Waals surface area contributed by atoms with Gasteiger partial charge in [0.1, 0.15) is 0 Å². The van der Waals surface area contributed by atoms with Crippen molar-refractivity contribution >= 4 is 11.5 Å². The fraction of sp³-hybridized carbons (Fsp3) is 0.583. The number of nitrogens with zero attached hydrogens (tertiary/aromatic N) is 3. The molecule has 1 aromatic heterocycles. The van der Waals surface area contributed by atoms with E-state index in [0.29, 0.717) is 12.4 Å². The van der Waals surface area contributed by atoms with Crippen molar-refractivity contribution in [2.24, 2.45) is 0 Å². The minimum Gasteiger partial charge on any atom is -0.362 e. The van der Waals surface area contributed by atoms with Gasteiger partial charge in [0.25, 0.3) is 0 Å². The van der Waals surface area contributed by atoms with E-state index in [1.807, 2.05) is 21.0 Å². The Morgan fingerprint density at radius 1 is 1.44 bits per heavy atom. The van der Waals surface area contributed by atoms with Crippen molar-refractivity contribution in [1.82, 2.24) is 9.88 Å². The van der Waals surface area contributed by atoms with Gasteiger partial charge >= 0.3 is 5.69 Å². The van der Waals surface area contributed by atoms with Crippen LogP contribution in [0.2, 0.25) is 0 Å². The first-order valence-electron chi connectivity index (χ1n) is 5.77. The highest BCUT2D eigenvalue weighted by molar-refractivity contribution is 5.56. The second kappa shape index (κ2) is 5.30. The van der Waals surface area contributed by atoms with Crippen LogP contribution in [-0.2, 0) is 0 Å². The Hall–Kier alpha value is -1.69. The first kappa shape index (κ1) is 14.4. The summed E-state index contributed by atoms with van der Waals surface area (Å²) in [5.74, 6) is 0.329. The number of anilines is 1. The van der Waals surface area contributed by atoms with Gasteiger partial charge in [-0.25, -0.2) is 4.98 Å². The Labute approximate surface area is 107 Å². The van der Waals surface area contributed by atoms with Gasteiger partial charge in [-0.15, -0.1) is 0 Å². The molecule has 6 nitrogen and oxygen atoms in total. The molecule has 0 saturated heterocycles. The van der Waals surface area contributed by atoms with Crippen LogP contribution in [0.5, 0.6) is 0 Å². The molecule has 6 heteroatoms. The second-order valence-electron chi connectivity index (χ2n) is 5.14. The Bertz CT molecular complexity index is 444. The molecule has 100 valence electrons. The first-order valence-corrected chi connectivity index (χ1v) is 5.77. The molecule has 0 saturated carbocycles. The summed E-state index contributed by atoms with van der Waals surface area (Å²) in [5.41, 5.74) is 0.653. The van der Waals surface area contributed by atoms with Gasteiger partial charge in [-0.05, 0) is 40.9 Å². The van der Waals surface area contributed by atoms with E-state index < -0.39 is 4.92 Å². The van der Waals surface area contributed by atoms with Gasteiger partial charge in [-0.3, -0.25) is 10.1 Å². The highest BCUT2D eigenvalue weighted by Crippen LogP contribution is 2.23. The molecular weight excluding hydrogens is 232 g/mol. The van der Waals surface area contributed by atoms with Gasteiger partial charge in [0.05, 0.1) is 4.92 Å². The molecular formula is C12H20N4O2. The number of rotatable bonds is 5. The van der Waals surface area contributed by atoms with Gasteiger partial charge in [0.2, 0.25) is 5.82 Å². The van der Waals surface area contributed by atoms with E-state index in [9.17, 15) is 10.1 Å². The summed E-state index contributed by atoms with van der Waals surface area (Å²) >= 11 is 0. The summed E-state index contributed by atoms with van der Waals surface area (Å²) in [6, 6.07) is 3.12. The lowest BCUT2D eigenvalue weighted by molar-refractivity contribution is -0.384. The topological polar surface area (TPSA) is 71.3 Å². The normalized spacial score (nSPS) is 11.7. The van der Waals surface area contributed by atoms with Crippen molar-refractivity contribution in [3.63, 3.8) is 0 Å². The lowest BCUT2D eigenvalue weighted by Gasteiger charge is -2.32. The molecule has 1 rings (SSSR count). The fourth-order valence-corrected chi connectivity index (χ4v) is 1.28. The van der Waals surface area contributed by atoms with Crippen LogP contribution < -0.4 is 5.32 Å². The Morgan fingerprint density at radius 3 is 2.56 bits per heavy atom. The summed E-state index contributed by atoms with van der Waals surface area (Å²) in [5, 5.41) is 14.0. The Balaban J connectivity index is 2.90. The van der Waals surface area contributed by atoms with Crippen LogP contribution in [0.4, 0.5) is 11.5 Å². The van der Waals surface area contributed by atoms with Crippen molar-refractivity contribution in [2.45, 2.75) is 26.3 Å². The molecule has 0 unspecified atom stereocenters. The molecule has 0 atom stereocenters. The number of nitro groups is 1. The molecule has 18 heavy (non-hydrogen) atoms. The summed E-state index contributed by atoms with van der Waals surface area (Å²) in [4.78, 5) is 16.7. The molecule has 0 aliphatic heterocycles. The molecule has 1 N–H and O–H groups in total. The molecule has 0 aliphatic carbocycles. The highest BCUT2D eigenvalue weighted by Gasteiger charge is 2.22. The van der Waals surface area contributed by atoms with Crippen molar-refractivity contribution in [3.8, 4) is 0 Å². The zero-order chi connectivity index (χ0) is 13.9. The molecule has 0 radical (unpaired) electrons. The van der Waals surface area contributed by atoms with Gasteiger partial charge in [-0.2, -0.15) is 0 Å². The number of pyridine rings is 1. The summed E-state index contributed by atoms with van der Waals surface area (Å²) in [7, 11) is 3.94. The summed E-state index contributed by atoms with van der Waals surface area (Å²) < 4.78 is 0. The van der Waals surface area contributed by atoms with Crippen molar-refractivity contribution in [2.75, 3.05) is 26.0 Å². The van der Waals surface area contributed by atoms with E-state index in [-0.39, 0.29) is 11.2 Å². The van der Waals surface area contributed by atoms with Crippen molar-refractivity contribution in [3.05, 3.63) is 27.9 Å². The fourth-order valence-electron chi connectivity index (χ4n) is 1.28. The SMILES string of the molecule is Cc1ccc([N+](=O)[O-])c(NCC(C)(C)N(C)C)n1. The van der Waals surface area contributed by atoms with Crippen molar-refractivity contribution < 1.29 is 4.92 Å². The van der Waals surface area contributed by atoms with Crippen LogP contribution in [-0.4, -0.2) is 41.0 Å². The number of hydrogen-bond acceptors (Lipinski definition) is 5. The lowest BCUT2D eigenvalue weighted by atomic mass is 10.0. The number of hydrogen-bond donors (Lipinski definition) is 1. The molecule has 0 amide bonds. The van der Waals surface area contributed by atoms with Gasteiger partial charge in [-0.1, -0.05) is 0 Å². The number of aromatic nitrogens is 1. The number of likely N-dealkylation sites (N-methyl/N-ethyl adjacent to an activating group) is 1. The van der Waals surface area contributed by atoms with Crippen molar-refractivity contribution in [1.29, 1.82) is 0 Å². The van der Waals surface area contributed by atoms with Crippen LogP contribution >= 0.6 is 0 Å². The van der Waals surface area contributed by atoms with Gasteiger partial charge in [0.15, 0.2) is 0 Å². The van der Waals surface area contributed by atoms with Crippen LogP contribution in [0.15, 0.2) is 12.1 Å². The average Bonchev–Trinajstić information content (AvgIpc) is 2.26. The second-order valence-corrected chi connectivity index (χ2v) is 5.14. The van der Waals surface area contributed by atoms with Crippen LogP contribution in [0.3, 0.4) is 0 Å². The monoisotopic (exact) mass is 252 g/mol. The Kier molecular flexibility index (Phi) is 4.24. The van der Waals surface area contributed by atoms with E-state index in [0.717, 1.165) is 5.69 Å². The average molecular weight is 252 g/mol. The zero-order valence-corrected chi connectivity index (χ0v) is 11.5. The number of aryl methyl sites for hydroxylation is 1. The van der Waals surface area contributed by atoms with Crippen LogP contribution in [0, 0.1) is 17.0 Å². The largest absolute Gasteiger partial charge is 0.362 e. The predicted octanol–water partition coefficient (Wildman–Crippen LogP) is 2.05. The third-order valence-corrected chi connectivity index (χ3v) is 3.11.